The van der Waals surface area contributed by atoms with Crippen molar-refractivity contribution in [2.75, 3.05) is 38.4 Å². The molecule has 1 aliphatic rings. The minimum absolute atomic E-state index is 0.191. The van der Waals surface area contributed by atoms with Gasteiger partial charge in [0.1, 0.15) is 11.4 Å². The summed E-state index contributed by atoms with van der Waals surface area (Å²) >= 11 is 0. The average Bonchev–Trinajstić information content (AvgIpc) is 3.23. The zero-order valence-corrected chi connectivity index (χ0v) is 12.2. The molecule has 0 bridgehead atoms. The molecular formula is C13H22N4O3. The fraction of sp³-hybridized carbons (Fsp3) is 0.692. The van der Waals surface area contributed by atoms with E-state index in [0.29, 0.717) is 36.3 Å². The normalized spacial score (nSPS) is 15.9. The van der Waals surface area contributed by atoms with Gasteiger partial charge in [0.15, 0.2) is 5.82 Å². The predicted octanol–water partition coefficient (Wildman–Crippen LogP) is 1.28. The standard InChI is InChI=1S/C13H22N4O3/c1-8(9-4-5-9)17-11(14)10(13(18)20-3)12(16-17)15-6-7-19-2/h8-9H,4-7,14H2,1-3H3,(H,15,16). The number of rotatable bonds is 7. The van der Waals surface area contributed by atoms with Crippen molar-refractivity contribution in [2.45, 2.75) is 25.8 Å². The summed E-state index contributed by atoms with van der Waals surface area (Å²) in [4.78, 5) is 11.9. The first-order valence-corrected chi connectivity index (χ1v) is 6.79. The topological polar surface area (TPSA) is 91.4 Å². The van der Waals surface area contributed by atoms with E-state index in [9.17, 15) is 4.79 Å². The maximum absolute atomic E-state index is 11.9. The highest BCUT2D eigenvalue weighted by Crippen LogP contribution is 2.41. The molecule has 1 aromatic rings. The van der Waals surface area contributed by atoms with Crippen LogP contribution in [-0.2, 0) is 9.47 Å². The molecule has 1 fully saturated rings. The van der Waals surface area contributed by atoms with Gasteiger partial charge >= 0.3 is 5.97 Å². The third-order valence-electron chi connectivity index (χ3n) is 3.63. The summed E-state index contributed by atoms with van der Waals surface area (Å²) < 4.78 is 11.5. The van der Waals surface area contributed by atoms with Gasteiger partial charge < -0.3 is 20.5 Å². The van der Waals surface area contributed by atoms with E-state index in [4.69, 9.17) is 15.2 Å². The second-order valence-corrected chi connectivity index (χ2v) is 5.04. The number of nitrogens with one attached hydrogen (secondary N) is 1. The van der Waals surface area contributed by atoms with Crippen molar-refractivity contribution in [2.24, 2.45) is 5.92 Å². The molecule has 20 heavy (non-hydrogen) atoms. The van der Waals surface area contributed by atoms with Gasteiger partial charge in [-0.1, -0.05) is 0 Å². The van der Waals surface area contributed by atoms with Crippen molar-refractivity contribution in [3.8, 4) is 0 Å². The largest absolute Gasteiger partial charge is 0.465 e. The lowest BCUT2D eigenvalue weighted by Gasteiger charge is -2.12. The zero-order chi connectivity index (χ0) is 14.7. The average molecular weight is 282 g/mol. The first-order chi connectivity index (χ1) is 9.60. The Morgan fingerprint density at radius 1 is 1.55 bits per heavy atom. The molecule has 0 aliphatic heterocycles. The molecule has 1 atom stereocenters. The monoisotopic (exact) mass is 282 g/mol. The van der Waals surface area contributed by atoms with Crippen LogP contribution in [0.15, 0.2) is 0 Å². The fourth-order valence-corrected chi connectivity index (χ4v) is 2.23. The number of nitrogen functional groups attached to an aromatic ring is 1. The predicted molar refractivity (Wildman–Crippen MR) is 75.8 cm³/mol. The van der Waals surface area contributed by atoms with Gasteiger partial charge in [0.2, 0.25) is 0 Å². The molecule has 1 aromatic heterocycles. The van der Waals surface area contributed by atoms with Crippen LogP contribution >= 0.6 is 0 Å². The summed E-state index contributed by atoms with van der Waals surface area (Å²) in [5.41, 5.74) is 6.38. The Labute approximate surface area is 118 Å². The van der Waals surface area contributed by atoms with Crippen LogP contribution in [0.5, 0.6) is 0 Å². The first kappa shape index (κ1) is 14.6. The molecule has 3 N–H and O–H groups in total. The zero-order valence-electron chi connectivity index (χ0n) is 12.2. The Bertz CT molecular complexity index is 482. The summed E-state index contributed by atoms with van der Waals surface area (Å²) in [6, 6.07) is 0.191. The maximum atomic E-state index is 11.9. The van der Waals surface area contributed by atoms with E-state index in [2.05, 4.69) is 17.3 Å². The van der Waals surface area contributed by atoms with E-state index in [-0.39, 0.29) is 6.04 Å². The van der Waals surface area contributed by atoms with Gasteiger partial charge in [0.05, 0.1) is 19.8 Å². The van der Waals surface area contributed by atoms with Crippen molar-refractivity contribution in [1.82, 2.24) is 9.78 Å². The third-order valence-corrected chi connectivity index (χ3v) is 3.63. The number of nitrogens with zero attached hydrogens (tertiary/aromatic N) is 2. The molecule has 0 amide bonds. The second kappa shape index (κ2) is 6.13. The summed E-state index contributed by atoms with van der Waals surface area (Å²) in [6.45, 7) is 3.14. The van der Waals surface area contributed by atoms with Crippen molar-refractivity contribution in [3.05, 3.63) is 5.56 Å². The van der Waals surface area contributed by atoms with E-state index in [0.717, 1.165) is 0 Å². The fourth-order valence-electron chi connectivity index (χ4n) is 2.23. The van der Waals surface area contributed by atoms with Crippen LogP contribution in [0, 0.1) is 5.92 Å². The number of carbonyl (C=O) groups is 1. The Kier molecular flexibility index (Phi) is 4.49. The van der Waals surface area contributed by atoms with Crippen LogP contribution in [-0.4, -0.2) is 43.1 Å². The van der Waals surface area contributed by atoms with Gasteiger partial charge in [-0.2, -0.15) is 5.10 Å². The lowest BCUT2D eigenvalue weighted by molar-refractivity contribution is 0.0603. The number of hydrogen-bond donors (Lipinski definition) is 2. The lowest BCUT2D eigenvalue weighted by atomic mass is 10.2. The van der Waals surface area contributed by atoms with Gasteiger partial charge in [-0.15, -0.1) is 0 Å². The van der Waals surface area contributed by atoms with Crippen LogP contribution in [0.3, 0.4) is 0 Å². The summed E-state index contributed by atoms with van der Waals surface area (Å²) in [5.74, 6) is 0.932. The van der Waals surface area contributed by atoms with E-state index in [1.807, 2.05) is 0 Å². The lowest BCUT2D eigenvalue weighted by Crippen LogP contribution is -2.13. The Hall–Kier alpha value is -1.76. The number of hydrogen-bond acceptors (Lipinski definition) is 6. The molecular weight excluding hydrogens is 260 g/mol. The maximum Gasteiger partial charge on any atom is 0.345 e. The molecule has 0 aromatic carbocycles. The third kappa shape index (κ3) is 2.87. The molecule has 7 nitrogen and oxygen atoms in total. The molecule has 2 rings (SSSR count). The van der Waals surface area contributed by atoms with Crippen LogP contribution in [0.2, 0.25) is 0 Å². The molecule has 112 valence electrons. The number of aromatic nitrogens is 2. The quantitative estimate of drug-likeness (QED) is 0.578. The van der Waals surface area contributed by atoms with Gasteiger partial charge in [-0.05, 0) is 25.7 Å². The summed E-state index contributed by atoms with van der Waals surface area (Å²) in [5, 5.41) is 7.50. The molecule has 1 unspecified atom stereocenters. The van der Waals surface area contributed by atoms with E-state index in [1.54, 1.807) is 11.8 Å². The molecule has 0 radical (unpaired) electrons. The molecule has 0 spiro atoms. The Morgan fingerprint density at radius 2 is 2.25 bits per heavy atom. The van der Waals surface area contributed by atoms with Gasteiger partial charge in [-0.3, -0.25) is 0 Å². The number of esters is 1. The summed E-state index contributed by atoms with van der Waals surface area (Å²) in [6.07, 6.45) is 2.36. The minimum Gasteiger partial charge on any atom is -0.465 e. The highest BCUT2D eigenvalue weighted by molar-refractivity contribution is 5.99. The van der Waals surface area contributed by atoms with Crippen molar-refractivity contribution < 1.29 is 14.3 Å². The van der Waals surface area contributed by atoms with Crippen LogP contribution in [0.4, 0.5) is 11.6 Å². The van der Waals surface area contributed by atoms with Crippen molar-refractivity contribution in [3.63, 3.8) is 0 Å². The molecule has 0 saturated heterocycles. The smallest absolute Gasteiger partial charge is 0.345 e. The van der Waals surface area contributed by atoms with Gasteiger partial charge in [0, 0.05) is 13.7 Å². The van der Waals surface area contributed by atoms with Gasteiger partial charge in [-0.25, -0.2) is 9.48 Å². The Balaban J connectivity index is 2.27. The number of methoxy groups -OCH3 is 2. The van der Waals surface area contributed by atoms with Crippen LogP contribution in [0.25, 0.3) is 0 Å². The number of carbonyl (C=O) groups excluding carboxylic acids is 1. The van der Waals surface area contributed by atoms with Crippen molar-refractivity contribution >= 4 is 17.6 Å². The number of ether oxygens (including phenoxy) is 2. The molecule has 1 saturated carbocycles. The van der Waals surface area contributed by atoms with Crippen LogP contribution in [0.1, 0.15) is 36.2 Å². The first-order valence-electron chi connectivity index (χ1n) is 6.79. The summed E-state index contributed by atoms with van der Waals surface area (Å²) in [7, 11) is 2.95. The van der Waals surface area contributed by atoms with Crippen molar-refractivity contribution in [1.29, 1.82) is 0 Å². The van der Waals surface area contributed by atoms with E-state index in [1.165, 1.54) is 20.0 Å². The van der Waals surface area contributed by atoms with Gasteiger partial charge in [0.25, 0.3) is 0 Å². The highest BCUT2D eigenvalue weighted by Gasteiger charge is 2.33. The molecule has 7 heteroatoms. The highest BCUT2D eigenvalue weighted by atomic mass is 16.5. The Morgan fingerprint density at radius 3 is 2.80 bits per heavy atom. The van der Waals surface area contributed by atoms with E-state index < -0.39 is 5.97 Å². The van der Waals surface area contributed by atoms with E-state index >= 15 is 0 Å². The molecule has 1 heterocycles. The minimum atomic E-state index is -0.475. The SMILES string of the molecule is COCCNc1nn(C(C)C2CC2)c(N)c1C(=O)OC. The van der Waals surface area contributed by atoms with Crippen LogP contribution < -0.4 is 11.1 Å². The molecule has 1 aliphatic carbocycles. The number of nitrogens with two attached hydrogens (primary N) is 1. The number of anilines is 2. The second-order valence-electron chi connectivity index (χ2n) is 5.04.